The van der Waals surface area contributed by atoms with E-state index in [-0.39, 0.29) is 5.91 Å². The summed E-state index contributed by atoms with van der Waals surface area (Å²) in [5.41, 5.74) is 3.16. The highest BCUT2D eigenvalue weighted by Gasteiger charge is 2.29. The van der Waals surface area contributed by atoms with Crippen LogP contribution in [0.25, 0.3) is 0 Å². The van der Waals surface area contributed by atoms with E-state index in [9.17, 15) is 4.79 Å². The first kappa shape index (κ1) is 13.0. The highest BCUT2D eigenvalue weighted by atomic mass is 32.1. The predicted octanol–water partition coefficient (Wildman–Crippen LogP) is 1.23. The van der Waals surface area contributed by atoms with Crippen LogP contribution in [0.2, 0.25) is 0 Å². The molecule has 18 heavy (non-hydrogen) atoms. The fourth-order valence-corrected chi connectivity index (χ4v) is 2.79. The Labute approximate surface area is 110 Å². The third kappa shape index (κ3) is 3.07. The minimum absolute atomic E-state index is 0.240. The van der Waals surface area contributed by atoms with Crippen LogP contribution >= 0.6 is 11.3 Å². The van der Waals surface area contributed by atoms with Gasteiger partial charge in [0.15, 0.2) is 0 Å². The molecule has 0 atom stereocenters. The first-order chi connectivity index (χ1) is 8.76. The minimum Gasteiger partial charge on any atom is -0.295 e. The molecule has 1 saturated carbocycles. The van der Waals surface area contributed by atoms with Crippen molar-refractivity contribution in [1.29, 1.82) is 5.26 Å². The maximum atomic E-state index is 11.6. The number of carbonyl (C=O) groups is 1. The summed E-state index contributed by atoms with van der Waals surface area (Å²) < 4.78 is 0. The number of thiophene rings is 1. The van der Waals surface area contributed by atoms with E-state index in [2.05, 4.69) is 16.4 Å². The van der Waals surface area contributed by atoms with E-state index in [1.54, 1.807) is 0 Å². The van der Waals surface area contributed by atoms with Crippen LogP contribution < -0.4 is 11.3 Å². The summed E-state index contributed by atoms with van der Waals surface area (Å²) in [5, 5.41) is 10.6. The largest absolute Gasteiger partial charge is 0.295 e. The zero-order chi connectivity index (χ0) is 13.0. The Balaban J connectivity index is 2.04. The van der Waals surface area contributed by atoms with Gasteiger partial charge in [0.2, 0.25) is 0 Å². The Hall–Kier alpha value is -1.42. The van der Waals surface area contributed by atoms with Gasteiger partial charge in [-0.3, -0.25) is 15.1 Å². The third-order valence-corrected chi connectivity index (χ3v) is 3.99. The van der Waals surface area contributed by atoms with Gasteiger partial charge < -0.3 is 0 Å². The molecule has 1 amide bonds. The van der Waals surface area contributed by atoms with Crippen LogP contribution in [0.3, 0.4) is 0 Å². The van der Waals surface area contributed by atoms with Gasteiger partial charge in [0, 0.05) is 25.6 Å². The van der Waals surface area contributed by atoms with Crippen LogP contribution in [0, 0.1) is 11.3 Å². The number of hydrogen-bond donors (Lipinski definition) is 2. The molecule has 0 bridgehead atoms. The van der Waals surface area contributed by atoms with Gasteiger partial charge in [-0.15, -0.1) is 11.3 Å². The number of nitrogens with two attached hydrogens (primary N) is 1. The van der Waals surface area contributed by atoms with Crippen LogP contribution in [0.15, 0.2) is 11.4 Å². The lowest BCUT2D eigenvalue weighted by molar-refractivity contribution is 0.0955. The molecule has 0 saturated heterocycles. The zero-order valence-corrected chi connectivity index (χ0v) is 10.9. The smallest absolute Gasteiger partial charge is 0.275 e. The number of carbonyl (C=O) groups excluding carboxylic acids is 1. The molecule has 2 rings (SSSR count). The summed E-state index contributed by atoms with van der Waals surface area (Å²) in [5.74, 6) is 4.93. The Bertz CT molecular complexity index is 461. The summed E-state index contributed by atoms with van der Waals surface area (Å²) in [6.07, 6.45) is 2.90. The molecular weight excluding hydrogens is 248 g/mol. The van der Waals surface area contributed by atoms with E-state index in [1.807, 2.05) is 11.4 Å². The van der Waals surface area contributed by atoms with Crippen molar-refractivity contribution in [2.75, 3.05) is 6.54 Å². The van der Waals surface area contributed by atoms with E-state index in [0.717, 1.165) is 18.7 Å². The van der Waals surface area contributed by atoms with Crippen molar-refractivity contribution < 1.29 is 4.79 Å². The summed E-state index contributed by atoms with van der Waals surface area (Å²) in [6.45, 7) is 1.49. The van der Waals surface area contributed by atoms with Crippen molar-refractivity contribution in [3.8, 4) is 6.07 Å². The number of amides is 1. The van der Waals surface area contributed by atoms with Gasteiger partial charge in [0.25, 0.3) is 5.91 Å². The van der Waals surface area contributed by atoms with E-state index in [4.69, 9.17) is 11.1 Å². The summed E-state index contributed by atoms with van der Waals surface area (Å²) in [4.78, 5) is 14.5. The fourth-order valence-electron chi connectivity index (χ4n) is 1.97. The van der Waals surface area contributed by atoms with Crippen LogP contribution in [-0.2, 0) is 6.54 Å². The predicted molar refractivity (Wildman–Crippen MR) is 69.6 cm³/mol. The Kier molecular flexibility index (Phi) is 4.31. The van der Waals surface area contributed by atoms with E-state index in [0.29, 0.717) is 17.3 Å². The minimum atomic E-state index is -0.240. The van der Waals surface area contributed by atoms with Gasteiger partial charge in [-0.05, 0) is 29.9 Å². The second kappa shape index (κ2) is 5.96. The molecule has 96 valence electrons. The number of nitrogen functional groups attached to an aromatic ring is 1. The number of rotatable bonds is 6. The van der Waals surface area contributed by atoms with Crippen LogP contribution in [0.1, 0.15) is 34.5 Å². The van der Waals surface area contributed by atoms with Crippen LogP contribution in [0.4, 0.5) is 0 Å². The molecule has 3 N–H and O–H groups in total. The number of nitriles is 1. The van der Waals surface area contributed by atoms with Crippen molar-refractivity contribution in [1.82, 2.24) is 10.3 Å². The van der Waals surface area contributed by atoms with Crippen molar-refractivity contribution >= 4 is 17.2 Å². The standard InChI is InChI=1S/C12H16N4OS/c13-5-1-6-16(10-2-3-10)8-9-4-7-18-11(9)12(17)15-14/h4,7,10H,1-3,6,8,14H2,(H,15,17). The van der Waals surface area contributed by atoms with Gasteiger partial charge >= 0.3 is 0 Å². The molecule has 0 radical (unpaired) electrons. The van der Waals surface area contributed by atoms with Gasteiger partial charge in [0.1, 0.15) is 0 Å². The Morgan fingerprint density at radius 3 is 3.06 bits per heavy atom. The zero-order valence-electron chi connectivity index (χ0n) is 10.1. The average molecular weight is 264 g/mol. The summed E-state index contributed by atoms with van der Waals surface area (Å²) in [7, 11) is 0. The molecule has 1 aromatic rings. The summed E-state index contributed by atoms with van der Waals surface area (Å²) in [6, 6.07) is 4.70. The normalized spacial score (nSPS) is 14.5. The van der Waals surface area contributed by atoms with E-state index >= 15 is 0 Å². The van der Waals surface area contributed by atoms with Crippen molar-refractivity contribution in [3.05, 3.63) is 21.9 Å². The van der Waals surface area contributed by atoms with Crippen molar-refractivity contribution in [2.24, 2.45) is 5.84 Å². The molecule has 1 aromatic heterocycles. The third-order valence-electron chi connectivity index (χ3n) is 3.03. The fraction of sp³-hybridized carbons (Fsp3) is 0.500. The molecule has 1 aliphatic rings. The van der Waals surface area contributed by atoms with Gasteiger partial charge in [0.05, 0.1) is 10.9 Å². The molecule has 1 fully saturated rings. The molecule has 0 aromatic carbocycles. The second-order valence-electron chi connectivity index (χ2n) is 4.36. The number of nitrogens with one attached hydrogen (secondary N) is 1. The van der Waals surface area contributed by atoms with Gasteiger partial charge in [-0.25, -0.2) is 5.84 Å². The highest BCUT2D eigenvalue weighted by Crippen LogP contribution is 2.29. The lowest BCUT2D eigenvalue weighted by Gasteiger charge is -2.20. The lowest BCUT2D eigenvalue weighted by atomic mass is 10.2. The highest BCUT2D eigenvalue weighted by molar-refractivity contribution is 7.12. The molecule has 1 heterocycles. The van der Waals surface area contributed by atoms with Gasteiger partial charge in [-0.1, -0.05) is 0 Å². The first-order valence-corrected chi connectivity index (χ1v) is 6.82. The Morgan fingerprint density at radius 1 is 1.67 bits per heavy atom. The number of hydrogen-bond acceptors (Lipinski definition) is 5. The lowest BCUT2D eigenvalue weighted by Crippen LogP contribution is -2.31. The van der Waals surface area contributed by atoms with E-state index in [1.165, 1.54) is 24.2 Å². The SMILES string of the molecule is N#CCCN(Cc1ccsc1C(=O)NN)C1CC1. The molecule has 0 unspecified atom stereocenters. The van der Waals surface area contributed by atoms with Crippen molar-refractivity contribution in [2.45, 2.75) is 31.8 Å². The molecule has 0 spiro atoms. The topological polar surface area (TPSA) is 82.2 Å². The quantitative estimate of drug-likeness (QED) is 0.460. The Morgan fingerprint density at radius 2 is 2.44 bits per heavy atom. The number of nitrogens with zero attached hydrogens (tertiary/aromatic N) is 2. The first-order valence-electron chi connectivity index (χ1n) is 5.94. The molecule has 5 nitrogen and oxygen atoms in total. The average Bonchev–Trinajstić information content (AvgIpc) is 3.13. The maximum Gasteiger partial charge on any atom is 0.275 e. The molecule has 0 aliphatic heterocycles. The second-order valence-corrected chi connectivity index (χ2v) is 5.27. The van der Waals surface area contributed by atoms with Crippen LogP contribution in [0.5, 0.6) is 0 Å². The maximum absolute atomic E-state index is 11.6. The van der Waals surface area contributed by atoms with E-state index < -0.39 is 0 Å². The van der Waals surface area contributed by atoms with Crippen molar-refractivity contribution in [3.63, 3.8) is 0 Å². The van der Waals surface area contributed by atoms with Gasteiger partial charge in [-0.2, -0.15) is 5.26 Å². The molecule has 1 aliphatic carbocycles. The monoisotopic (exact) mass is 264 g/mol. The van der Waals surface area contributed by atoms with Crippen LogP contribution in [-0.4, -0.2) is 23.4 Å². The molecular formula is C12H16N4OS. The number of hydrazine groups is 1. The summed E-state index contributed by atoms with van der Waals surface area (Å²) >= 11 is 1.40. The molecule has 6 heteroatoms.